The van der Waals surface area contributed by atoms with E-state index in [1.165, 1.54) is 12.8 Å². The van der Waals surface area contributed by atoms with Gasteiger partial charge in [-0.15, -0.1) is 0 Å². The van der Waals surface area contributed by atoms with Crippen molar-refractivity contribution in [3.05, 3.63) is 46.3 Å². The predicted octanol–water partition coefficient (Wildman–Crippen LogP) is 3.92. The number of carbonyl (C=O) groups is 1. The molecule has 1 aliphatic carbocycles. The average molecular weight is 392 g/mol. The molecular weight excluding hydrogens is 370 g/mol. The first kappa shape index (κ1) is 17.0. The molecule has 1 fully saturated rings. The summed E-state index contributed by atoms with van der Waals surface area (Å²) in [4.78, 5) is 16.6. The van der Waals surface area contributed by atoms with Gasteiger partial charge in [-0.25, -0.2) is 4.98 Å². The first-order valence-corrected chi connectivity index (χ1v) is 9.20. The Kier molecular flexibility index (Phi) is 5.56. The average Bonchev–Trinajstić information content (AvgIpc) is 3.22. The normalized spacial score (nSPS) is 14.8. The molecule has 24 heavy (non-hydrogen) atoms. The van der Waals surface area contributed by atoms with Crippen molar-refractivity contribution in [1.82, 2.24) is 14.9 Å². The van der Waals surface area contributed by atoms with Gasteiger partial charge < -0.3 is 14.6 Å². The van der Waals surface area contributed by atoms with E-state index in [0.717, 1.165) is 29.4 Å². The van der Waals surface area contributed by atoms with Crippen molar-refractivity contribution in [1.29, 1.82) is 0 Å². The molecule has 0 aromatic carbocycles. The Morgan fingerprint density at radius 2 is 2.21 bits per heavy atom. The van der Waals surface area contributed by atoms with E-state index in [4.69, 9.17) is 4.74 Å². The second-order valence-electron chi connectivity index (χ2n) is 6.04. The Labute approximate surface area is 150 Å². The van der Waals surface area contributed by atoms with Gasteiger partial charge in [0.05, 0.1) is 0 Å². The number of rotatable bonds is 6. The van der Waals surface area contributed by atoms with Crippen molar-refractivity contribution in [2.24, 2.45) is 0 Å². The van der Waals surface area contributed by atoms with Crippen molar-refractivity contribution < 1.29 is 9.53 Å². The van der Waals surface area contributed by atoms with Gasteiger partial charge in [-0.2, -0.15) is 0 Å². The molecule has 2 aromatic heterocycles. The molecule has 0 atom stereocenters. The van der Waals surface area contributed by atoms with Gasteiger partial charge in [0.15, 0.2) is 0 Å². The van der Waals surface area contributed by atoms with Crippen molar-refractivity contribution in [3.8, 4) is 5.88 Å². The number of aromatic nitrogens is 2. The van der Waals surface area contributed by atoms with E-state index in [0.29, 0.717) is 18.1 Å². The van der Waals surface area contributed by atoms with Crippen LogP contribution in [0.3, 0.4) is 0 Å². The summed E-state index contributed by atoms with van der Waals surface area (Å²) in [6.07, 6.45) is 8.59. The number of carbonyl (C=O) groups excluding carboxylic acids is 1. The van der Waals surface area contributed by atoms with Crippen LogP contribution in [-0.2, 0) is 13.1 Å². The lowest BCUT2D eigenvalue weighted by Gasteiger charge is -2.13. The minimum Gasteiger partial charge on any atom is -0.474 e. The van der Waals surface area contributed by atoms with Crippen LogP contribution in [0.15, 0.2) is 35.1 Å². The quantitative estimate of drug-likeness (QED) is 0.811. The van der Waals surface area contributed by atoms with E-state index < -0.39 is 0 Å². The molecule has 5 nitrogen and oxygen atoms in total. The number of halogens is 1. The Morgan fingerprint density at radius 3 is 2.96 bits per heavy atom. The lowest BCUT2D eigenvalue weighted by atomic mass is 10.2. The van der Waals surface area contributed by atoms with Crippen molar-refractivity contribution in [2.75, 3.05) is 0 Å². The maximum atomic E-state index is 12.4. The summed E-state index contributed by atoms with van der Waals surface area (Å²) in [7, 11) is 0. The highest BCUT2D eigenvalue weighted by atomic mass is 79.9. The van der Waals surface area contributed by atoms with Gasteiger partial charge in [0.1, 0.15) is 11.8 Å². The number of hydrogen-bond acceptors (Lipinski definition) is 3. The molecule has 1 amide bonds. The summed E-state index contributed by atoms with van der Waals surface area (Å²) in [6.45, 7) is 3.22. The molecule has 0 radical (unpaired) electrons. The van der Waals surface area contributed by atoms with Crippen LogP contribution >= 0.6 is 15.9 Å². The molecule has 2 heterocycles. The van der Waals surface area contributed by atoms with Gasteiger partial charge in [0.25, 0.3) is 5.91 Å². The van der Waals surface area contributed by atoms with Crippen LogP contribution in [0.5, 0.6) is 5.88 Å². The minimum atomic E-state index is -0.0855. The number of hydrogen-bond donors (Lipinski definition) is 1. The Balaban J connectivity index is 1.60. The maximum absolute atomic E-state index is 12.4. The van der Waals surface area contributed by atoms with E-state index in [1.807, 2.05) is 35.9 Å². The minimum absolute atomic E-state index is 0.0855. The van der Waals surface area contributed by atoms with Crippen LogP contribution in [0.4, 0.5) is 0 Å². The fourth-order valence-corrected chi connectivity index (χ4v) is 3.47. The third kappa shape index (κ3) is 4.17. The molecule has 3 rings (SSSR count). The highest BCUT2D eigenvalue weighted by Crippen LogP contribution is 2.23. The number of nitrogens with zero attached hydrogens (tertiary/aromatic N) is 2. The number of ether oxygens (including phenoxy) is 1. The summed E-state index contributed by atoms with van der Waals surface area (Å²) in [5, 5.41) is 2.96. The van der Waals surface area contributed by atoms with Crippen LogP contribution in [-0.4, -0.2) is 21.6 Å². The van der Waals surface area contributed by atoms with E-state index in [2.05, 4.69) is 26.2 Å². The van der Waals surface area contributed by atoms with Crippen LogP contribution in [0, 0.1) is 0 Å². The van der Waals surface area contributed by atoms with E-state index >= 15 is 0 Å². The molecule has 0 unspecified atom stereocenters. The van der Waals surface area contributed by atoms with Crippen LogP contribution in [0.1, 0.15) is 48.7 Å². The number of pyridine rings is 1. The van der Waals surface area contributed by atoms with E-state index in [1.54, 1.807) is 6.20 Å². The van der Waals surface area contributed by atoms with Gasteiger partial charge in [-0.1, -0.05) is 0 Å². The summed E-state index contributed by atoms with van der Waals surface area (Å²) < 4.78 is 8.74. The summed E-state index contributed by atoms with van der Waals surface area (Å²) in [5.74, 6) is 0.561. The Bertz CT molecular complexity index is 708. The Hall–Kier alpha value is -1.82. The molecule has 128 valence electrons. The fraction of sp³-hybridized carbons (Fsp3) is 0.444. The van der Waals surface area contributed by atoms with Crippen molar-refractivity contribution in [3.63, 3.8) is 0 Å². The van der Waals surface area contributed by atoms with Gasteiger partial charge in [0, 0.05) is 36.0 Å². The van der Waals surface area contributed by atoms with E-state index in [9.17, 15) is 4.79 Å². The molecule has 1 saturated carbocycles. The van der Waals surface area contributed by atoms with Crippen molar-refractivity contribution >= 4 is 21.8 Å². The monoisotopic (exact) mass is 391 g/mol. The summed E-state index contributed by atoms with van der Waals surface area (Å²) in [6, 6.07) is 5.64. The molecule has 0 saturated heterocycles. The van der Waals surface area contributed by atoms with Gasteiger partial charge >= 0.3 is 0 Å². The molecular formula is C18H22BrN3O2. The second kappa shape index (κ2) is 7.83. The highest BCUT2D eigenvalue weighted by molar-refractivity contribution is 9.10. The smallest absolute Gasteiger partial charge is 0.268 e. The van der Waals surface area contributed by atoms with Crippen LogP contribution < -0.4 is 10.1 Å². The lowest BCUT2D eigenvalue weighted by molar-refractivity contribution is 0.0941. The third-order valence-electron chi connectivity index (χ3n) is 4.28. The number of aryl methyl sites for hydroxylation is 1. The van der Waals surface area contributed by atoms with Crippen molar-refractivity contribution in [2.45, 2.75) is 51.8 Å². The lowest BCUT2D eigenvalue weighted by Crippen LogP contribution is -2.25. The standard InChI is InChI=1S/C18H22BrN3O2/c1-2-22-12-14(19)10-16(22)18(23)21-11-13-7-8-20-17(9-13)24-15-5-3-4-6-15/h7-10,12,15H,2-6,11H2,1H3,(H,21,23). The zero-order valence-corrected chi connectivity index (χ0v) is 15.4. The fourth-order valence-electron chi connectivity index (χ4n) is 3.00. The third-order valence-corrected chi connectivity index (χ3v) is 4.71. The SMILES string of the molecule is CCn1cc(Br)cc1C(=O)NCc1ccnc(OC2CCCC2)c1. The highest BCUT2D eigenvalue weighted by Gasteiger charge is 2.17. The van der Waals surface area contributed by atoms with Crippen LogP contribution in [0.2, 0.25) is 0 Å². The molecule has 2 aromatic rings. The second-order valence-corrected chi connectivity index (χ2v) is 6.95. The molecule has 0 bridgehead atoms. The summed E-state index contributed by atoms with van der Waals surface area (Å²) >= 11 is 3.41. The first-order chi connectivity index (χ1) is 11.7. The van der Waals surface area contributed by atoms with Gasteiger partial charge in [-0.3, -0.25) is 4.79 Å². The molecule has 6 heteroatoms. The zero-order valence-electron chi connectivity index (χ0n) is 13.8. The largest absolute Gasteiger partial charge is 0.474 e. The molecule has 1 aliphatic rings. The summed E-state index contributed by atoms with van der Waals surface area (Å²) in [5.41, 5.74) is 1.64. The number of amides is 1. The van der Waals surface area contributed by atoms with Crippen LogP contribution in [0.25, 0.3) is 0 Å². The zero-order chi connectivity index (χ0) is 16.9. The number of nitrogens with one attached hydrogen (secondary N) is 1. The van der Waals surface area contributed by atoms with Gasteiger partial charge in [-0.05, 0) is 66.2 Å². The predicted molar refractivity (Wildman–Crippen MR) is 96.1 cm³/mol. The van der Waals surface area contributed by atoms with Gasteiger partial charge in [0.2, 0.25) is 5.88 Å². The molecule has 0 spiro atoms. The maximum Gasteiger partial charge on any atom is 0.268 e. The topological polar surface area (TPSA) is 56.2 Å². The Morgan fingerprint density at radius 1 is 1.42 bits per heavy atom. The first-order valence-electron chi connectivity index (χ1n) is 8.41. The van der Waals surface area contributed by atoms with E-state index in [-0.39, 0.29) is 12.0 Å². The molecule has 1 N–H and O–H groups in total. The molecule has 0 aliphatic heterocycles.